The zero-order valence-electron chi connectivity index (χ0n) is 12.0. The Kier molecular flexibility index (Phi) is 5.18. The van der Waals surface area contributed by atoms with E-state index in [2.05, 4.69) is 49.8 Å². The molecule has 1 rings (SSSR count). The lowest BCUT2D eigenvalue weighted by atomic mass is 10.1. The number of benzene rings is 1. The highest BCUT2D eigenvalue weighted by Crippen LogP contribution is 2.36. The average Bonchev–Trinajstić information content (AvgIpc) is 2.25. The molecule has 2 N–H and O–H groups in total. The molecule has 1 aromatic carbocycles. The number of rotatable bonds is 4. The molecule has 0 amide bonds. The summed E-state index contributed by atoms with van der Waals surface area (Å²) in [6.45, 7) is 11.8. The number of nitrogens with two attached hydrogens (primary N) is 1. The van der Waals surface area contributed by atoms with E-state index < -0.39 is 8.32 Å². The highest BCUT2D eigenvalue weighted by molar-refractivity contribution is 9.10. The predicted molar refractivity (Wildman–Crippen MR) is 84.2 cm³/mol. The van der Waals surface area contributed by atoms with Gasteiger partial charge in [0.2, 0.25) is 0 Å². The average molecular weight is 330 g/mol. The van der Waals surface area contributed by atoms with Gasteiger partial charge >= 0.3 is 0 Å². The van der Waals surface area contributed by atoms with E-state index in [-0.39, 0.29) is 11.1 Å². The fourth-order valence-corrected chi connectivity index (χ4v) is 2.61. The van der Waals surface area contributed by atoms with Crippen LogP contribution in [0.2, 0.25) is 18.1 Å². The third-order valence-electron chi connectivity index (χ3n) is 3.73. The van der Waals surface area contributed by atoms with Crippen LogP contribution in [0.3, 0.4) is 0 Å². The van der Waals surface area contributed by atoms with Crippen LogP contribution in [0.5, 0.6) is 0 Å². The first kappa shape index (κ1) is 15.9. The van der Waals surface area contributed by atoms with Gasteiger partial charge < -0.3 is 10.2 Å². The lowest BCUT2D eigenvalue weighted by Gasteiger charge is -2.37. The predicted octanol–water partition coefficient (Wildman–Crippen LogP) is 4.47. The Morgan fingerprint density at radius 2 is 1.72 bits per heavy atom. The van der Waals surface area contributed by atoms with Gasteiger partial charge in [0.05, 0.1) is 12.6 Å². The van der Waals surface area contributed by atoms with Crippen LogP contribution in [0.4, 0.5) is 0 Å². The summed E-state index contributed by atoms with van der Waals surface area (Å²) in [5.74, 6) is 0. The molecule has 2 nitrogen and oxygen atoms in total. The molecule has 0 saturated carbocycles. The summed E-state index contributed by atoms with van der Waals surface area (Å²) in [4.78, 5) is 0. The van der Waals surface area contributed by atoms with E-state index in [0.29, 0.717) is 6.61 Å². The monoisotopic (exact) mass is 329 g/mol. The molecule has 0 aliphatic rings. The molecule has 0 fully saturated rings. The van der Waals surface area contributed by atoms with Crippen LogP contribution in [0, 0.1) is 0 Å². The van der Waals surface area contributed by atoms with Crippen molar-refractivity contribution in [2.45, 2.75) is 44.9 Å². The first-order valence-corrected chi connectivity index (χ1v) is 9.98. The quantitative estimate of drug-likeness (QED) is 0.827. The van der Waals surface area contributed by atoms with E-state index in [1.165, 1.54) is 0 Å². The summed E-state index contributed by atoms with van der Waals surface area (Å²) in [5, 5.41) is 0.229. The highest BCUT2D eigenvalue weighted by Gasteiger charge is 2.37. The van der Waals surface area contributed by atoms with Gasteiger partial charge in [0.15, 0.2) is 8.32 Å². The zero-order valence-corrected chi connectivity index (χ0v) is 14.5. The highest BCUT2D eigenvalue weighted by atomic mass is 79.9. The van der Waals surface area contributed by atoms with Gasteiger partial charge in [-0.2, -0.15) is 0 Å². The van der Waals surface area contributed by atoms with Crippen molar-refractivity contribution in [2.75, 3.05) is 6.61 Å². The summed E-state index contributed by atoms with van der Waals surface area (Å²) >= 11 is 3.43. The smallest absolute Gasteiger partial charge is 0.192 e. The summed E-state index contributed by atoms with van der Waals surface area (Å²) < 4.78 is 7.22. The van der Waals surface area contributed by atoms with Crippen molar-refractivity contribution in [1.29, 1.82) is 0 Å². The Morgan fingerprint density at radius 3 is 2.17 bits per heavy atom. The number of hydrogen-bond donors (Lipinski definition) is 1. The van der Waals surface area contributed by atoms with Crippen LogP contribution in [-0.4, -0.2) is 14.9 Å². The van der Waals surface area contributed by atoms with Crippen LogP contribution < -0.4 is 5.73 Å². The molecular weight excluding hydrogens is 306 g/mol. The van der Waals surface area contributed by atoms with Crippen LogP contribution in [-0.2, 0) is 4.43 Å². The Labute approximate surface area is 120 Å². The maximum Gasteiger partial charge on any atom is 0.192 e. The van der Waals surface area contributed by atoms with Crippen LogP contribution in [0.25, 0.3) is 0 Å². The normalized spacial score (nSPS) is 14.6. The fraction of sp³-hybridized carbons (Fsp3) is 0.571. The van der Waals surface area contributed by atoms with E-state index in [9.17, 15) is 0 Å². The van der Waals surface area contributed by atoms with Gasteiger partial charge in [-0.25, -0.2) is 0 Å². The molecule has 102 valence electrons. The molecule has 4 heteroatoms. The lowest BCUT2D eigenvalue weighted by molar-refractivity contribution is 0.264. The molecule has 1 aromatic rings. The van der Waals surface area contributed by atoms with Crippen molar-refractivity contribution in [3.05, 3.63) is 34.3 Å². The van der Waals surface area contributed by atoms with Gasteiger partial charge in [-0.15, -0.1) is 0 Å². The SMILES string of the molecule is CC(C)(C)[Si](C)(C)OCC(N)c1ccc(Br)cc1. The van der Waals surface area contributed by atoms with Gasteiger partial charge in [0, 0.05) is 4.47 Å². The van der Waals surface area contributed by atoms with Gasteiger partial charge in [-0.3, -0.25) is 0 Å². The molecular formula is C14H24BrNOSi. The lowest BCUT2D eigenvalue weighted by Crippen LogP contribution is -2.42. The molecule has 18 heavy (non-hydrogen) atoms. The third kappa shape index (κ3) is 4.19. The minimum absolute atomic E-state index is 0.0489. The third-order valence-corrected chi connectivity index (χ3v) is 8.76. The second-order valence-electron chi connectivity index (χ2n) is 6.23. The second-order valence-corrected chi connectivity index (χ2v) is 12.0. The molecule has 0 aromatic heterocycles. The molecule has 1 unspecified atom stereocenters. The molecule has 0 spiro atoms. The molecule has 0 aliphatic heterocycles. The van der Waals surface area contributed by atoms with Crippen LogP contribution in [0.15, 0.2) is 28.7 Å². The van der Waals surface area contributed by atoms with E-state index in [1.54, 1.807) is 0 Å². The number of hydrogen-bond acceptors (Lipinski definition) is 2. The van der Waals surface area contributed by atoms with Crippen molar-refractivity contribution in [1.82, 2.24) is 0 Å². The van der Waals surface area contributed by atoms with E-state index >= 15 is 0 Å². The Balaban J connectivity index is 2.61. The molecule has 0 bridgehead atoms. The van der Waals surface area contributed by atoms with Gasteiger partial charge in [0.25, 0.3) is 0 Å². The maximum atomic E-state index is 6.18. The minimum atomic E-state index is -1.70. The van der Waals surface area contributed by atoms with E-state index in [0.717, 1.165) is 10.0 Å². The minimum Gasteiger partial charge on any atom is -0.415 e. The van der Waals surface area contributed by atoms with Crippen molar-refractivity contribution < 1.29 is 4.43 Å². The first-order valence-electron chi connectivity index (χ1n) is 6.28. The molecule has 1 atom stereocenters. The van der Waals surface area contributed by atoms with E-state index in [1.807, 2.05) is 24.3 Å². The van der Waals surface area contributed by atoms with Crippen LogP contribution in [0.1, 0.15) is 32.4 Å². The molecule has 0 saturated heterocycles. The van der Waals surface area contributed by atoms with Crippen LogP contribution >= 0.6 is 15.9 Å². The van der Waals surface area contributed by atoms with Crippen molar-refractivity contribution in [3.8, 4) is 0 Å². The Hall–Kier alpha value is -0.163. The topological polar surface area (TPSA) is 35.2 Å². The van der Waals surface area contributed by atoms with Crippen molar-refractivity contribution in [2.24, 2.45) is 5.73 Å². The Bertz CT molecular complexity index is 384. The molecule has 0 radical (unpaired) electrons. The second kappa shape index (κ2) is 5.86. The Morgan fingerprint density at radius 1 is 1.22 bits per heavy atom. The fourth-order valence-electron chi connectivity index (χ4n) is 1.32. The van der Waals surface area contributed by atoms with Gasteiger partial charge in [-0.05, 0) is 35.8 Å². The van der Waals surface area contributed by atoms with Gasteiger partial charge in [-0.1, -0.05) is 48.8 Å². The molecule has 0 heterocycles. The standard InChI is InChI=1S/C14H24BrNOSi/c1-14(2,3)18(4,5)17-10-13(16)11-6-8-12(15)9-7-11/h6-9,13H,10,16H2,1-5H3. The van der Waals surface area contributed by atoms with E-state index in [4.69, 9.17) is 10.2 Å². The van der Waals surface area contributed by atoms with Crippen molar-refractivity contribution in [3.63, 3.8) is 0 Å². The molecule has 0 aliphatic carbocycles. The summed E-state index contributed by atoms with van der Waals surface area (Å²) in [7, 11) is -1.70. The largest absolute Gasteiger partial charge is 0.415 e. The summed E-state index contributed by atoms with van der Waals surface area (Å²) in [5.41, 5.74) is 7.30. The summed E-state index contributed by atoms with van der Waals surface area (Å²) in [6, 6.07) is 8.07. The van der Waals surface area contributed by atoms with Gasteiger partial charge in [0.1, 0.15) is 0 Å². The maximum absolute atomic E-state index is 6.18. The summed E-state index contributed by atoms with van der Waals surface area (Å²) in [6.07, 6.45) is 0. The van der Waals surface area contributed by atoms with Crippen molar-refractivity contribution >= 4 is 24.2 Å². The zero-order chi connectivity index (χ0) is 14.0. The number of halogens is 1. The first-order chi connectivity index (χ1) is 8.13.